The van der Waals surface area contributed by atoms with Crippen LogP contribution in [-0.4, -0.2) is 31.2 Å². The van der Waals surface area contributed by atoms with Crippen LogP contribution < -0.4 is 11.1 Å². The number of aromatic nitrogens is 1. The topological polar surface area (TPSA) is 88.3 Å². The number of halogens is 1. The number of rotatable bonds is 5. The standard InChI is InChI=1S/C12H15FN4O2S2/c1-17(2)21(18,19)10-11(14)16-20-12(10)15-7-8-4-3-5-9(13)6-8/h3-6,15H,7H2,1-2H3,(H2,14,16). The van der Waals surface area contributed by atoms with E-state index >= 15 is 0 Å². The second-order valence-electron chi connectivity index (χ2n) is 4.50. The minimum atomic E-state index is -3.69. The van der Waals surface area contributed by atoms with Gasteiger partial charge in [-0.3, -0.25) is 0 Å². The van der Waals surface area contributed by atoms with Crippen molar-refractivity contribution in [2.24, 2.45) is 0 Å². The molecule has 0 atom stereocenters. The van der Waals surface area contributed by atoms with Crippen molar-refractivity contribution in [3.8, 4) is 0 Å². The Morgan fingerprint density at radius 1 is 1.43 bits per heavy atom. The summed E-state index contributed by atoms with van der Waals surface area (Å²) >= 11 is 0.958. The van der Waals surface area contributed by atoms with Crippen LogP contribution in [-0.2, 0) is 16.6 Å². The molecular weight excluding hydrogens is 315 g/mol. The lowest BCUT2D eigenvalue weighted by Crippen LogP contribution is -2.23. The smallest absolute Gasteiger partial charge is 0.249 e. The van der Waals surface area contributed by atoms with Gasteiger partial charge in [-0.2, -0.15) is 4.37 Å². The van der Waals surface area contributed by atoms with Crippen molar-refractivity contribution < 1.29 is 12.8 Å². The Morgan fingerprint density at radius 2 is 2.14 bits per heavy atom. The van der Waals surface area contributed by atoms with E-state index in [-0.39, 0.29) is 23.1 Å². The average molecular weight is 330 g/mol. The zero-order valence-electron chi connectivity index (χ0n) is 11.5. The van der Waals surface area contributed by atoms with Crippen LogP contribution in [0.1, 0.15) is 5.56 Å². The summed E-state index contributed by atoms with van der Waals surface area (Å²) in [5.74, 6) is -0.394. The molecule has 0 aliphatic heterocycles. The predicted molar refractivity (Wildman–Crippen MR) is 81.1 cm³/mol. The molecule has 0 saturated carbocycles. The van der Waals surface area contributed by atoms with Crippen molar-refractivity contribution >= 4 is 32.4 Å². The molecule has 0 aliphatic carbocycles. The zero-order chi connectivity index (χ0) is 15.6. The molecule has 21 heavy (non-hydrogen) atoms. The first-order valence-corrected chi connectivity index (χ1v) is 8.19. The van der Waals surface area contributed by atoms with Gasteiger partial charge in [0, 0.05) is 20.6 Å². The molecule has 0 bridgehead atoms. The molecule has 1 aromatic carbocycles. The number of sulfonamides is 1. The summed E-state index contributed by atoms with van der Waals surface area (Å²) in [5, 5.41) is 3.28. The average Bonchev–Trinajstić information content (AvgIpc) is 2.78. The fourth-order valence-corrected chi connectivity index (χ4v) is 3.74. The maximum Gasteiger partial charge on any atom is 0.249 e. The number of nitrogens with two attached hydrogens (primary N) is 1. The molecule has 0 unspecified atom stereocenters. The number of hydrogen-bond acceptors (Lipinski definition) is 6. The van der Waals surface area contributed by atoms with Crippen LogP contribution in [0.15, 0.2) is 29.2 Å². The summed E-state index contributed by atoms with van der Waals surface area (Å²) in [7, 11) is -0.849. The van der Waals surface area contributed by atoms with Crippen molar-refractivity contribution in [3.63, 3.8) is 0 Å². The Balaban J connectivity index is 2.27. The predicted octanol–water partition coefficient (Wildman–Crippen LogP) is 1.73. The molecule has 114 valence electrons. The van der Waals surface area contributed by atoms with E-state index in [1.807, 2.05) is 0 Å². The van der Waals surface area contributed by atoms with Gasteiger partial charge in [-0.25, -0.2) is 17.1 Å². The number of nitrogen functional groups attached to an aromatic ring is 1. The lowest BCUT2D eigenvalue weighted by Gasteiger charge is -2.13. The Bertz CT molecular complexity index is 743. The first-order chi connectivity index (χ1) is 9.82. The Morgan fingerprint density at radius 3 is 2.76 bits per heavy atom. The molecule has 3 N–H and O–H groups in total. The van der Waals surface area contributed by atoms with Crippen LogP contribution >= 0.6 is 11.5 Å². The van der Waals surface area contributed by atoms with E-state index in [1.54, 1.807) is 12.1 Å². The number of nitrogens with one attached hydrogen (secondary N) is 1. The van der Waals surface area contributed by atoms with Gasteiger partial charge in [0.15, 0.2) is 10.7 Å². The second-order valence-corrected chi connectivity index (χ2v) is 7.36. The fraction of sp³-hybridized carbons (Fsp3) is 0.250. The van der Waals surface area contributed by atoms with Crippen molar-refractivity contribution in [2.75, 3.05) is 25.1 Å². The highest BCUT2D eigenvalue weighted by atomic mass is 32.2. The molecule has 6 nitrogen and oxygen atoms in total. The molecule has 0 spiro atoms. The van der Waals surface area contributed by atoms with Crippen LogP contribution in [0.2, 0.25) is 0 Å². The highest BCUT2D eigenvalue weighted by molar-refractivity contribution is 7.89. The minimum absolute atomic E-state index is 0.0459. The summed E-state index contributed by atoms with van der Waals surface area (Å²) in [6, 6.07) is 6.04. The van der Waals surface area contributed by atoms with Gasteiger partial charge in [-0.15, -0.1) is 0 Å². The SMILES string of the molecule is CN(C)S(=O)(=O)c1c(N)nsc1NCc1cccc(F)c1. The van der Waals surface area contributed by atoms with Gasteiger partial charge in [0.1, 0.15) is 10.8 Å². The third kappa shape index (κ3) is 3.31. The lowest BCUT2D eigenvalue weighted by molar-refractivity contribution is 0.521. The minimum Gasteiger partial charge on any atom is -0.382 e. The Labute approximate surface area is 126 Å². The fourth-order valence-electron chi connectivity index (χ4n) is 1.67. The zero-order valence-corrected chi connectivity index (χ0v) is 13.1. The van der Waals surface area contributed by atoms with Crippen molar-refractivity contribution in [1.82, 2.24) is 8.68 Å². The van der Waals surface area contributed by atoms with E-state index in [0.29, 0.717) is 10.6 Å². The molecule has 2 rings (SSSR count). The maximum absolute atomic E-state index is 13.1. The molecule has 0 saturated heterocycles. The molecule has 0 fully saturated rings. The summed E-state index contributed by atoms with van der Waals surface area (Å²) in [5.41, 5.74) is 6.34. The number of nitrogens with zero attached hydrogens (tertiary/aromatic N) is 2. The molecular formula is C12H15FN4O2S2. The molecule has 0 amide bonds. The molecule has 9 heteroatoms. The highest BCUT2D eigenvalue weighted by Gasteiger charge is 2.27. The van der Waals surface area contributed by atoms with Gasteiger partial charge < -0.3 is 11.1 Å². The Kier molecular flexibility index (Phi) is 4.45. The van der Waals surface area contributed by atoms with Crippen molar-refractivity contribution in [2.45, 2.75) is 11.4 Å². The second kappa shape index (κ2) is 5.96. The first kappa shape index (κ1) is 15.7. The number of anilines is 2. The quantitative estimate of drug-likeness (QED) is 0.871. The molecule has 1 heterocycles. The number of benzene rings is 1. The summed E-state index contributed by atoms with van der Waals surface area (Å²) < 4.78 is 42.5. The molecule has 1 aromatic heterocycles. The maximum atomic E-state index is 13.1. The van der Waals surface area contributed by atoms with E-state index in [2.05, 4.69) is 9.69 Å². The first-order valence-electron chi connectivity index (χ1n) is 5.98. The van der Waals surface area contributed by atoms with E-state index in [1.165, 1.54) is 26.2 Å². The van der Waals surface area contributed by atoms with Gasteiger partial charge in [-0.05, 0) is 29.2 Å². The van der Waals surface area contributed by atoms with Gasteiger partial charge in [0.25, 0.3) is 0 Å². The lowest BCUT2D eigenvalue weighted by atomic mass is 10.2. The van der Waals surface area contributed by atoms with Crippen LogP contribution in [0.5, 0.6) is 0 Å². The van der Waals surface area contributed by atoms with E-state index in [0.717, 1.165) is 15.8 Å². The van der Waals surface area contributed by atoms with E-state index in [9.17, 15) is 12.8 Å². The van der Waals surface area contributed by atoms with Gasteiger partial charge in [-0.1, -0.05) is 12.1 Å². The van der Waals surface area contributed by atoms with Gasteiger partial charge in [0.2, 0.25) is 10.0 Å². The van der Waals surface area contributed by atoms with Crippen LogP contribution in [0.4, 0.5) is 15.2 Å². The Hall–Kier alpha value is -1.71. The van der Waals surface area contributed by atoms with Crippen LogP contribution in [0.3, 0.4) is 0 Å². The van der Waals surface area contributed by atoms with E-state index in [4.69, 9.17) is 5.73 Å². The third-order valence-corrected chi connectivity index (χ3v) is 5.59. The van der Waals surface area contributed by atoms with Crippen LogP contribution in [0, 0.1) is 5.82 Å². The molecule has 0 aliphatic rings. The largest absolute Gasteiger partial charge is 0.382 e. The normalized spacial score (nSPS) is 11.8. The van der Waals surface area contributed by atoms with E-state index < -0.39 is 10.0 Å². The van der Waals surface area contributed by atoms with Crippen molar-refractivity contribution in [3.05, 3.63) is 35.6 Å². The monoisotopic (exact) mass is 330 g/mol. The van der Waals surface area contributed by atoms with Gasteiger partial charge >= 0.3 is 0 Å². The summed E-state index contributed by atoms with van der Waals surface area (Å²) in [6.07, 6.45) is 0. The molecule has 2 aromatic rings. The van der Waals surface area contributed by atoms with Gasteiger partial charge in [0.05, 0.1) is 0 Å². The highest BCUT2D eigenvalue weighted by Crippen LogP contribution is 2.33. The molecule has 0 radical (unpaired) electrons. The summed E-state index contributed by atoms with van der Waals surface area (Å²) in [4.78, 5) is -0.0473. The number of hydrogen-bond donors (Lipinski definition) is 2. The van der Waals surface area contributed by atoms with Crippen LogP contribution in [0.25, 0.3) is 0 Å². The van der Waals surface area contributed by atoms with Crippen molar-refractivity contribution in [1.29, 1.82) is 0 Å². The summed E-state index contributed by atoms with van der Waals surface area (Å²) in [6.45, 7) is 0.273. The third-order valence-electron chi connectivity index (χ3n) is 2.75.